The SMILES string of the molecule is CC[C@@H]1C[C@@H]2C(c3cc(C)cc(C)c3)=CC=C[C@@H]2C1[Si](C)(C)N1c2ccccc2[N-]c2ccccc21.[CH3-].[Cl][Ti][Cl]. The molecule has 40 heavy (non-hydrogen) atoms. The molecule has 4 atom stereocenters. The van der Waals surface area contributed by atoms with Crippen LogP contribution in [0.2, 0.25) is 18.6 Å². The molecule has 1 fully saturated rings. The normalized spacial score (nSPS) is 22.4. The van der Waals surface area contributed by atoms with Crippen LogP contribution in [0.15, 0.2) is 85.0 Å². The van der Waals surface area contributed by atoms with Crippen molar-refractivity contribution in [3.8, 4) is 0 Å². The Morgan fingerprint density at radius 3 is 2.02 bits per heavy atom. The first-order valence-corrected chi connectivity index (χ1v) is 21.3. The van der Waals surface area contributed by atoms with Crippen molar-refractivity contribution in [2.45, 2.75) is 52.2 Å². The van der Waals surface area contributed by atoms with E-state index < -0.39 is 25.3 Å². The van der Waals surface area contributed by atoms with E-state index in [0.29, 0.717) is 17.4 Å². The summed E-state index contributed by atoms with van der Waals surface area (Å²) >= 11 is -0.556. The topological polar surface area (TPSA) is 17.3 Å². The average Bonchev–Trinajstić information content (AvgIpc) is 3.31. The first-order valence-electron chi connectivity index (χ1n) is 13.9. The number of anilines is 2. The zero-order valence-corrected chi connectivity index (χ0v) is 28.5. The molecule has 210 valence electrons. The Morgan fingerprint density at radius 2 is 1.48 bits per heavy atom. The van der Waals surface area contributed by atoms with Gasteiger partial charge in [0.05, 0.1) is 0 Å². The molecule has 0 amide bonds. The third-order valence-electron chi connectivity index (χ3n) is 8.91. The third-order valence-corrected chi connectivity index (χ3v) is 13.0. The number of nitrogens with zero attached hydrogens (tertiary/aromatic N) is 2. The van der Waals surface area contributed by atoms with Gasteiger partial charge in [0.1, 0.15) is 0 Å². The van der Waals surface area contributed by atoms with Crippen LogP contribution in [0.1, 0.15) is 36.5 Å². The Balaban J connectivity index is 0.000000886. The van der Waals surface area contributed by atoms with Crippen LogP contribution in [0.4, 0.5) is 22.7 Å². The van der Waals surface area contributed by atoms with Gasteiger partial charge < -0.3 is 17.3 Å². The van der Waals surface area contributed by atoms with Crippen molar-refractivity contribution in [3.63, 3.8) is 0 Å². The van der Waals surface area contributed by atoms with E-state index >= 15 is 0 Å². The number of benzene rings is 3. The summed E-state index contributed by atoms with van der Waals surface area (Å²) in [4.78, 5) is 0. The van der Waals surface area contributed by atoms with Gasteiger partial charge in [-0.2, -0.15) is 0 Å². The molecule has 0 bridgehead atoms. The molecule has 0 N–H and O–H groups in total. The zero-order valence-electron chi connectivity index (χ0n) is 24.5. The fraction of sp³-hybridized carbons (Fsp3) is 0.324. The summed E-state index contributed by atoms with van der Waals surface area (Å²) in [6, 6.07) is 24.6. The van der Waals surface area contributed by atoms with Crippen molar-refractivity contribution in [2.24, 2.45) is 17.8 Å². The van der Waals surface area contributed by atoms with Crippen molar-refractivity contribution >= 4 is 55.2 Å². The number of allylic oxidation sites excluding steroid dienone is 4. The van der Waals surface area contributed by atoms with Crippen LogP contribution < -0.4 is 4.57 Å². The number of rotatable bonds is 4. The van der Waals surface area contributed by atoms with Gasteiger partial charge in [0.25, 0.3) is 0 Å². The van der Waals surface area contributed by atoms with Crippen molar-refractivity contribution in [1.29, 1.82) is 0 Å². The summed E-state index contributed by atoms with van der Waals surface area (Å²) in [6.07, 6.45) is 9.84. The van der Waals surface area contributed by atoms with E-state index in [2.05, 4.69) is 123 Å². The van der Waals surface area contributed by atoms with Gasteiger partial charge in [0.15, 0.2) is 8.24 Å². The molecule has 0 spiro atoms. The van der Waals surface area contributed by atoms with E-state index in [0.717, 1.165) is 17.3 Å². The number of halogens is 2. The fourth-order valence-corrected chi connectivity index (χ4v) is 12.4. The Bertz CT molecular complexity index is 1340. The average molecular weight is 624 g/mol. The van der Waals surface area contributed by atoms with Crippen molar-refractivity contribution in [1.82, 2.24) is 0 Å². The molecule has 2 nitrogen and oxygen atoms in total. The minimum absolute atomic E-state index is 0. The first-order chi connectivity index (χ1) is 18.8. The van der Waals surface area contributed by atoms with Crippen LogP contribution in [0, 0.1) is 39.0 Å². The van der Waals surface area contributed by atoms with Crippen molar-refractivity contribution in [2.75, 3.05) is 4.57 Å². The summed E-state index contributed by atoms with van der Waals surface area (Å²) in [5.74, 6) is 1.89. The summed E-state index contributed by atoms with van der Waals surface area (Å²) in [5, 5.41) is 5.05. The number of para-hydroxylation sites is 4. The van der Waals surface area contributed by atoms with Crippen LogP contribution in [-0.2, 0) is 17.0 Å². The van der Waals surface area contributed by atoms with E-state index in [4.69, 9.17) is 23.9 Å². The van der Waals surface area contributed by atoms with Gasteiger partial charge in [-0.15, -0.1) is 11.4 Å². The standard InChI is InChI=1S/C33H37N2Si.CH3.2ClH.Ti/c1-6-24-21-28-26(25-19-22(2)18-23(3)20-25)12-11-13-27(28)33(24)36(4,5)35-31-16-9-7-14-29(31)34-30-15-8-10-17-32(30)35;;;;/h7-20,24,27-28,33H,6,21H2,1-5H3;1H3;2*1H;/q2*-1;;;+2/p-2/t24-,27+,28-,33?;;;;/m1..../s1. The van der Waals surface area contributed by atoms with E-state index in [-0.39, 0.29) is 7.43 Å². The fourth-order valence-electron chi connectivity index (χ4n) is 7.64. The summed E-state index contributed by atoms with van der Waals surface area (Å²) in [5.41, 5.74) is 11.1. The molecule has 6 heteroatoms. The number of aryl methyl sites for hydroxylation is 2. The second-order valence-electron chi connectivity index (χ2n) is 11.6. The van der Waals surface area contributed by atoms with Crippen molar-refractivity contribution < 1.29 is 17.0 Å². The van der Waals surface area contributed by atoms with Gasteiger partial charge in [-0.1, -0.05) is 110 Å². The third kappa shape index (κ3) is 5.78. The quantitative estimate of drug-likeness (QED) is 0.209. The van der Waals surface area contributed by atoms with E-state index in [1.165, 1.54) is 40.9 Å². The molecular weight excluding hydrogens is 583 g/mol. The Morgan fingerprint density at radius 1 is 0.925 bits per heavy atom. The molecule has 2 aliphatic carbocycles. The van der Waals surface area contributed by atoms with Gasteiger partial charge >= 0.3 is 35.6 Å². The van der Waals surface area contributed by atoms with Gasteiger partial charge in [-0.05, 0) is 66.8 Å². The Hall–Kier alpha value is -1.75. The molecule has 1 unspecified atom stereocenters. The molecule has 3 aromatic carbocycles. The maximum absolute atomic E-state index is 5.05. The van der Waals surface area contributed by atoms with Crippen LogP contribution >= 0.6 is 18.6 Å². The monoisotopic (exact) mass is 622 g/mol. The predicted octanol–water partition coefficient (Wildman–Crippen LogP) is 11.8. The molecule has 1 saturated carbocycles. The van der Waals surface area contributed by atoms with Crippen LogP contribution in [0.5, 0.6) is 0 Å². The second kappa shape index (κ2) is 13.0. The first kappa shape index (κ1) is 31.2. The summed E-state index contributed by atoms with van der Waals surface area (Å²) < 4.78 is 2.75. The zero-order chi connectivity index (χ0) is 27.7. The second-order valence-corrected chi connectivity index (χ2v) is 18.6. The van der Waals surface area contributed by atoms with Gasteiger partial charge in [0.2, 0.25) is 0 Å². The maximum atomic E-state index is 5.05. The number of hydrogen-bond donors (Lipinski definition) is 0. The molecule has 1 aliphatic heterocycles. The Labute approximate surface area is 259 Å². The molecular formula is C34H40Cl2N2SiTi-2. The van der Waals surface area contributed by atoms with Crippen LogP contribution in [0.3, 0.4) is 0 Å². The molecule has 3 aromatic rings. The predicted molar refractivity (Wildman–Crippen MR) is 175 cm³/mol. The molecule has 1 heterocycles. The molecule has 6 rings (SSSR count). The number of fused-ring (bicyclic) bond motifs is 3. The van der Waals surface area contributed by atoms with Gasteiger partial charge in [-0.25, -0.2) is 0 Å². The van der Waals surface area contributed by atoms with Crippen molar-refractivity contribution in [3.05, 3.63) is 114 Å². The van der Waals surface area contributed by atoms with E-state index in [9.17, 15) is 0 Å². The van der Waals surface area contributed by atoms with Gasteiger partial charge in [0, 0.05) is 11.4 Å². The number of hydrogen-bond acceptors (Lipinski definition) is 1. The molecule has 3 aliphatic rings. The molecule has 0 saturated heterocycles. The minimum atomic E-state index is -2.02. The van der Waals surface area contributed by atoms with E-state index in [1.54, 1.807) is 5.57 Å². The molecule has 0 aromatic heterocycles. The summed E-state index contributed by atoms with van der Waals surface area (Å²) in [6.45, 7) is 12.1. The van der Waals surface area contributed by atoms with Gasteiger partial charge in [-0.3, -0.25) is 0 Å². The summed E-state index contributed by atoms with van der Waals surface area (Å²) in [7, 11) is 7.76. The molecule has 0 radical (unpaired) electrons. The Kier molecular flexibility index (Phi) is 10.2. The van der Waals surface area contributed by atoms with E-state index in [1.807, 2.05) is 0 Å². The van der Waals surface area contributed by atoms with Crippen LogP contribution in [0.25, 0.3) is 10.9 Å². The van der Waals surface area contributed by atoms with Crippen LogP contribution in [-0.4, -0.2) is 8.24 Å².